The van der Waals surface area contributed by atoms with Crippen molar-refractivity contribution in [2.24, 2.45) is 5.92 Å². The number of halogens is 1. The quantitative estimate of drug-likeness (QED) is 0.283. The molecule has 1 atom stereocenters. The van der Waals surface area contributed by atoms with Gasteiger partial charge in [-0.1, -0.05) is 54.6 Å². The molecule has 7 heteroatoms. The summed E-state index contributed by atoms with van der Waals surface area (Å²) in [5.74, 6) is -0.419. The van der Waals surface area contributed by atoms with Crippen LogP contribution in [0.1, 0.15) is 58.3 Å². The fourth-order valence-corrected chi connectivity index (χ4v) is 7.00. The summed E-state index contributed by atoms with van der Waals surface area (Å²) < 4.78 is 13.2. The number of rotatable bonds is 7. The van der Waals surface area contributed by atoms with Gasteiger partial charge in [0, 0.05) is 23.9 Å². The average Bonchev–Trinajstić information content (AvgIpc) is 3.30. The van der Waals surface area contributed by atoms with Gasteiger partial charge < -0.3 is 0 Å². The van der Waals surface area contributed by atoms with E-state index in [4.69, 9.17) is 0 Å². The van der Waals surface area contributed by atoms with Crippen molar-refractivity contribution in [3.05, 3.63) is 112 Å². The highest BCUT2D eigenvalue weighted by Gasteiger charge is 2.40. The number of benzene rings is 4. The van der Waals surface area contributed by atoms with E-state index in [0.29, 0.717) is 17.9 Å². The van der Waals surface area contributed by atoms with Crippen LogP contribution in [0.4, 0.5) is 10.1 Å². The zero-order valence-electron chi connectivity index (χ0n) is 24.0. The molecule has 3 aliphatic heterocycles. The summed E-state index contributed by atoms with van der Waals surface area (Å²) in [6, 6.07) is 24.8. The summed E-state index contributed by atoms with van der Waals surface area (Å²) in [6.07, 6.45) is 4.62. The average molecular weight is 576 g/mol. The summed E-state index contributed by atoms with van der Waals surface area (Å²) in [5.41, 5.74) is 6.20. The first-order valence-corrected chi connectivity index (χ1v) is 15.2. The molecule has 7 rings (SSSR count). The second-order valence-electron chi connectivity index (χ2n) is 12.2. The molecule has 218 valence electrons. The lowest BCUT2D eigenvalue weighted by molar-refractivity contribution is -0.134. The van der Waals surface area contributed by atoms with Crippen LogP contribution in [0, 0.1) is 11.7 Å². The van der Waals surface area contributed by atoms with Gasteiger partial charge in [0.05, 0.1) is 5.69 Å². The smallest absolute Gasteiger partial charge is 0.259 e. The number of nitrogens with one attached hydrogen (secondary N) is 1. The first-order chi connectivity index (χ1) is 20.9. The zero-order chi connectivity index (χ0) is 29.5. The van der Waals surface area contributed by atoms with Crippen molar-refractivity contribution in [1.82, 2.24) is 10.2 Å². The van der Waals surface area contributed by atoms with Crippen molar-refractivity contribution in [3.8, 4) is 0 Å². The molecule has 43 heavy (non-hydrogen) atoms. The summed E-state index contributed by atoms with van der Waals surface area (Å²) >= 11 is 0. The molecule has 2 fully saturated rings. The number of nitrogens with zero attached hydrogens (tertiary/aromatic N) is 2. The van der Waals surface area contributed by atoms with Crippen LogP contribution in [0.25, 0.3) is 10.8 Å². The van der Waals surface area contributed by atoms with Crippen molar-refractivity contribution < 1.29 is 18.8 Å². The monoisotopic (exact) mass is 575 g/mol. The normalized spacial score (nSPS) is 19.3. The van der Waals surface area contributed by atoms with E-state index in [0.717, 1.165) is 67.3 Å². The molecule has 2 saturated heterocycles. The lowest BCUT2D eigenvalue weighted by atomic mass is 9.90. The number of piperidine rings is 2. The largest absolute Gasteiger partial charge is 0.299 e. The molecule has 1 unspecified atom stereocenters. The van der Waals surface area contributed by atoms with Gasteiger partial charge in [0.15, 0.2) is 0 Å². The molecular formula is C36H34FN3O3. The molecule has 3 heterocycles. The lowest BCUT2D eigenvalue weighted by Gasteiger charge is -2.32. The molecule has 0 aromatic heterocycles. The Hall–Kier alpha value is -4.36. The van der Waals surface area contributed by atoms with E-state index in [1.165, 1.54) is 16.7 Å². The summed E-state index contributed by atoms with van der Waals surface area (Å²) in [7, 11) is 0. The number of hydrogen-bond donors (Lipinski definition) is 1. The zero-order valence-corrected chi connectivity index (χ0v) is 24.0. The Balaban J connectivity index is 1.01. The minimum atomic E-state index is -0.681. The van der Waals surface area contributed by atoms with Crippen LogP contribution in [-0.4, -0.2) is 41.8 Å². The van der Waals surface area contributed by atoms with Gasteiger partial charge in [0.25, 0.3) is 5.91 Å². The van der Waals surface area contributed by atoms with Crippen molar-refractivity contribution in [3.63, 3.8) is 0 Å². The first-order valence-electron chi connectivity index (χ1n) is 15.2. The van der Waals surface area contributed by atoms with Gasteiger partial charge in [-0.25, -0.2) is 4.39 Å². The van der Waals surface area contributed by atoms with Gasteiger partial charge in [-0.3, -0.25) is 29.5 Å². The molecule has 3 amide bonds. The van der Waals surface area contributed by atoms with Crippen molar-refractivity contribution in [1.29, 1.82) is 0 Å². The van der Waals surface area contributed by atoms with Crippen LogP contribution in [0.3, 0.4) is 0 Å². The van der Waals surface area contributed by atoms with Crippen LogP contribution < -0.4 is 10.2 Å². The van der Waals surface area contributed by atoms with E-state index < -0.39 is 11.9 Å². The van der Waals surface area contributed by atoms with Gasteiger partial charge in [-0.15, -0.1) is 0 Å². The van der Waals surface area contributed by atoms with E-state index >= 15 is 0 Å². The summed E-state index contributed by atoms with van der Waals surface area (Å²) in [5, 5.41) is 4.29. The molecule has 4 aromatic rings. The van der Waals surface area contributed by atoms with Crippen LogP contribution in [-0.2, 0) is 29.0 Å². The van der Waals surface area contributed by atoms with Crippen LogP contribution in [0.5, 0.6) is 0 Å². The van der Waals surface area contributed by atoms with E-state index in [1.807, 2.05) is 36.4 Å². The minimum Gasteiger partial charge on any atom is -0.299 e. The minimum absolute atomic E-state index is 0.176. The number of likely N-dealkylation sites (tertiary alicyclic amines) is 1. The highest BCUT2D eigenvalue weighted by Crippen LogP contribution is 2.41. The second kappa shape index (κ2) is 11.4. The Bertz CT molecular complexity index is 1710. The molecule has 0 saturated carbocycles. The predicted molar refractivity (Wildman–Crippen MR) is 164 cm³/mol. The maximum absolute atomic E-state index is 13.4. The third-order valence-electron chi connectivity index (χ3n) is 9.31. The molecule has 3 aliphatic rings. The Kier molecular flexibility index (Phi) is 7.27. The number of imide groups is 1. The fourth-order valence-electron chi connectivity index (χ4n) is 7.00. The maximum atomic E-state index is 13.4. The third-order valence-corrected chi connectivity index (χ3v) is 9.31. The number of amides is 3. The lowest BCUT2D eigenvalue weighted by Crippen LogP contribution is -2.53. The topological polar surface area (TPSA) is 69.7 Å². The SMILES string of the molecule is O=C1CCC(N2C(=O)c3cccc4c(Cc5ccc(CN6CCC(Cc7ccc(F)cc7)CC6)cc5)ccc2c34)C(=O)N1. The number of anilines is 1. The molecular weight excluding hydrogens is 541 g/mol. The van der Waals surface area contributed by atoms with Crippen molar-refractivity contribution in [2.45, 2.75) is 51.1 Å². The van der Waals surface area contributed by atoms with Gasteiger partial charge in [-0.05, 0) is 103 Å². The summed E-state index contributed by atoms with van der Waals surface area (Å²) in [4.78, 5) is 41.8. The molecule has 0 bridgehead atoms. The Morgan fingerprint density at radius 2 is 1.51 bits per heavy atom. The van der Waals surface area contributed by atoms with Crippen LogP contribution in [0.2, 0.25) is 0 Å². The second-order valence-corrected chi connectivity index (χ2v) is 12.2. The predicted octanol–water partition coefficient (Wildman–Crippen LogP) is 5.79. The molecule has 0 radical (unpaired) electrons. The third kappa shape index (κ3) is 5.45. The number of hydrogen-bond acceptors (Lipinski definition) is 4. The molecule has 0 aliphatic carbocycles. The van der Waals surface area contributed by atoms with Crippen molar-refractivity contribution in [2.75, 3.05) is 18.0 Å². The standard InChI is InChI=1S/C36H34FN3O3/c37-28-11-8-23(9-12-28)20-25-16-18-39(19-17-25)22-26-6-4-24(5-7-26)21-27-10-13-31-34-29(27)2-1-3-30(34)36(43)40(31)32-14-15-33(41)38-35(32)42/h1-13,25,32H,14-22H2,(H,38,41,42). The molecule has 6 nitrogen and oxygen atoms in total. The maximum Gasteiger partial charge on any atom is 0.259 e. The number of carbonyl (C=O) groups excluding carboxylic acids is 3. The molecule has 0 spiro atoms. The van der Waals surface area contributed by atoms with Crippen LogP contribution in [0.15, 0.2) is 78.9 Å². The highest BCUT2D eigenvalue weighted by atomic mass is 19.1. The first kappa shape index (κ1) is 27.5. The highest BCUT2D eigenvalue weighted by molar-refractivity contribution is 6.27. The Morgan fingerprint density at radius 1 is 0.791 bits per heavy atom. The Labute approximate surface area is 250 Å². The van der Waals surface area contributed by atoms with E-state index in [1.54, 1.807) is 17.0 Å². The Morgan fingerprint density at radius 3 is 2.26 bits per heavy atom. The van der Waals surface area contributed by atoms with Crippen molar-refractivity contribution >= 4 is 34.2 Å². The van der Waals surface area contributed by atoms with Crippen LogP contribution >= 0.6 is 0 Å². The van der Waals surface area contributed by atoms with Gasteiger partial charge in [0.1, 0.15) is 11.9 Å². The summed E-state index contributed by atoms with van der Waals surface area (Å²) in [6.45, 7) is 3.08. The van der Waals surface area contributed by atoms with E-state index in [-0.39, 0.29) is 24.1 Å². The van der Waals surface area contributed by atoms with Gasteiger partial charge >= 0.3 is 0 Å². The number of carbonyl (C=O) groups is 3. The van der Waals surface area contributed by atoms with E-state index in [2.05, 4.69) is 40.5 Å². The van der Waals surface area contributed by atoms with Gasteiger partial charge in [-0.2, -0.15) is 0 Å². The fraction of sp³-hybridized carbons (Fsp3) is 0.306. The molecule has 1 N–H and O–H groups in total. The van der Waals surface area contributed by atoms with E-state index in [9.17, 15) is 18.8 Å². The van der Waals surface area contributed by atoms with Gasteiger partial charge in [0.2, 0.25) is 11.8 Å². The molecule has 4 aromatic carbocycles.